The first kappa shape index (κ1) is 16.2. The quantitative estimate of drug-likeness (QED) is 0.514. The second-order valence-electron chi connectivity index (χ2n) is 4.20. The van der Waals surface area contributed by atoms with Gasteiger partial charge in [-0.15, -0.1) is 0 Å². The molecule has 0 heterocycles. The van der Waals surface area contributed by atoms with Crippen LogP contribution in [0.25, 0.3) is 0 Å². The number of ether oxygens (including phenoxy) is 1. The smallest absolute Gasteiger partial charge is 0.416 e. The fraction of sp³-hybridized carbons (Fsp3) is 0.357. The summed E-state index contributed by atoms with van der Waals surface area (Å²) >= 11 is 0. The van der Waals surface area contributed by atoms with E-state index in [1.807, 2.05) is 0 Å². The molecule has 0 aliphatic rings. The zero-order valence-electron chi connectivity index (χ0n) is 11.3. The second-order valence-corrected chi connectivity index (χ2v) is 4.20. The molecule has 0 aliphatic heterocycles. The molecule has 0 radical (unpaired) electrons. The SMILES string of the molecule is COC(=O)/C(C)=C/CNCc1ccc(C(F)(F)F)cc1. The Labute approximate surface area is 115 Å². The molecular formula is C14H16F3NO2. The molecular weight excluding hydrogens is 271 g/mol. The van der Waals surface area contributed by atoms with Crippen molar-refractivity contribution >= 4 is 5.97 Å². The Hall–Kier alpha value is -1.82. The van der Waals surface area contributed by atoms with Crippen molar-refractivity contribution < 1.29 is 22.7 Å². The number of hydrogen-bond acceptors (Lipinski definition) is 3. The molecule has 0 aromatic heterocycles. The van der Waals surface area contributed by atoms with Gasteiger partial charge in [0.2, 0.25) is 0 Å². The summed E-state index contributed by atoms with van der Waals surface area (Å²) in [5.74, 6) is -0.402. The molecule has 0 aliphatic carbocycles. The molecule has 0 fully saturated rings. The van der Waals surface area contributed by atoms with Crippen LogP contribution in [0.5, 0.6) is 0 Å². The Morgan fingerprint density at radius 2 is 1.90 bits per heavy atom. The van der Waals surface area contributed by atoms with E-state index in [1.54, 1.807) is 13.0 Å². The maximum atomic E-state index is 12.4. The molecule has 1 rings (SSSR count). The standard InChI is InChI=1S/C14H16F3NO2/c1-10(13(19)20-2)7-8-18-9-11-3-5-12(6-4-11)14(15,16)17/h3-7,18H,8-9H2,1-2H3/b10-7+. The molecule has 0 spiro atoms. The lowest BCUT2D eigenvalue weighted by Gasteiger charge is -2.08. The van der Waals surface area contributed by atoms with Gasteiger partial charge in [-0.1, -0.05) is 18.2 Å². The van der Waals surface area contributed by atoms with Crippen LogP contribution < -0.4 is 5.32 Å². The minimum Gasteiger partial charge on any atom is -0.466 e. The Bertz CT molecular complexity index is 478. The molecule has 110 valence electrons. The van der Waals surface area contributed by atoms with Crippen molar-refractivity contribution in [2.24, 2.45) is 0 Å². The third-order valence-electron chi connectivity index (χ3n) is 2.67. The Morgan fingerprint density at radius 1 is 1.30 bits per heavy atom. The average Bonchev–Trinajstić information content (AvgIpc) is 2.42. The van der Waals surface area contributed by atoms with E-state index in [1.165, 1.54) is 19.2 Å². The van der Waals surface area contributed by atoms with Crippen LogP contribution in [-0.2, 0) is 22.3 Å². The van der Waals surface area contributed by atoms with Gasteiger partial charge >= 0.3 is 12.1 Å². The monoisotopic (exact) mass is 287 g/mol. The van der Waals surface area contributed by atoms with Crippen LogP contribution in [0.1, 0.15) is 18.1 Å². The van der Waals surface area contributed by atoms with Crippen LogP contribution in [0.15, 0.2) is 35.9 Å². The Balaban J connectivity index is 2.45. The van der Waals surface area contributed by atoms with E-state index in [4.69, 9.17) is 0 Å². The molecule has 20 heavy (non-hydrogen) atoms. The van der Waals surface area contributed by atoms with Gasteiger partial charge in [0.15, 0.2) is 0 Å². The van der Waals surface area contributed by atoms with Gasteiger partial charge in [-0.3, -0.25) is 0 Å². The van der Waals surface area contributed by atoms with Crippen molar-refractivity contribution in [1.82, 2.24) is 5.32 Å². The van der Waals surface area contributed by atoms with Crippen molar-refractivity contribution in [3.63, 3.8) is 0 Å². The predicted octanol–water partition coefficient (Wildman–Crippen LogP) is 2.91. The number of hydrogen-bond donors (Lipinski definition) is 1. The molecule has 3 nitrogen and oxygen atoms in total. The first-order chi connectivity index (χ1) is 9.34. The van der Waals surface area contributed by atoms with Crippen LogP contribution in [-0.4, -0.2) is 19.6 Å². The maximum Gasteiger partial charge on any atom is 0.416 e. The van der Waals surface area contributed by atoms with E-state index in [-0.39, 0.29) is 0 Å². The van der Waals surface area contributed by atoms with E-state index in [0.29, 0.717) is 18.7 Å². The lowest BCUT2D eigenvalue weighted by Crippen LogP contribution is -2.14. The number of carbonyl (C=O) groups excluding carboxylic acids is 1. The molecule has 6 heteroatoms. The largest absolute Gasteiger partial charge is 0.466 e. The fourth-order valence-electron chi connectivity index (χ4n) is 1.50. The third-order valence-corrected chi connectivity index (χ3v) is 2.67. The second kappa shape index (κ2) is 7.09. The van der Waals surface area contributed by atoms with Gasteiger partial charge in [-0.2, -0.15) is 13.2 Å². The summed E-state index contributed by atoms with van der Waals surface area (Å²) in [5.41, 5.74) is 0.553. The molecule has 0 saturated heterocycles. The van der Waals surface area contributed by atoms with Gasteiger partial charge < -0.3 is 10.1 Å². The zero-order chi connectivity index (χ0) is 15.2. The number of alkyl halides is 3. The number of rotatable bonds is 5. The van der Waals surface area contributed by atoms with Crippen LogP contribution in [0.4, 0.5) is 13.2 Å². The fourth-order valence-corrected chi connectivity index (χ4v) is 1.50. The van der Waals surface area contributed by atoms with E-state index in [9.17, 15) is 18.0 Å². The van der Waals surface area contributed by atoms with Gasteiger partial charge in [-0.05, 0) is 24.6 Å². The van der Waals surface area contributed by atoms with Crippen molar-refractivity contribution in [2.75, 3.05) is 13.7 Å². The molecule has 0 saturated carbocycles. The minimum atomic E-state index is -4.31. The van der Waals surface area contributed by atoms with Gasteiger partial charge in [0.05, 0.1) is 12.7 Å². The summed E-state index contributed by atoms with van der Waals surface area (Å²) in [4.78, 5) is 11.1. The summed E-state index contributed by atoms with van der Waals surface area (Å²) in [5, 5.41) is 3.00. The van der Waals surface area contributed by atoms with E-state index >= 15 is 0 Å². The highest BCUT2D eigenvalue weighted by atomic mass is 19.4. The molecule has 0 amide bonds. The lowest BCUT2D eigenvalue weighted by atomic mass is 10.1. The minimum absolute atomic E-state index is 0.402. The van der Waals surface area contributed by atoms with Crippen LogP contribution in [0.2, 0.25) is 0 Å². The van der Waals surface area contributed by atoms with E-state index in [0.717, 1.165) is 17.7 Å². The van der Waals surface area contributed by atoms with Gasteiger partial charge in [0.25, 0.3) is 0 Å². The van der Waals surface area contributed by atoms with Crippen LogP contribution >= 0.6 is 0 Å². The van der Waals surface area contributed by atoms with Crippen molar-refractivity contribution in [2.45, 2.75) is 19.6 Å². The summed E-state index contributed by atoms with van der Waals surface area (Å²) < 4.78 is 41.6. The normalized spacial score (nSPS) is 12.3. The summed E-state index contributed by atoms with van der Waals surface area (Å²) in [6, 6.07) is 4.94. The van der Waals surface area contributed by atoms with E-state index < -0.39 is 17.7 Å². The van der Waals surface area contributed by atoms with Crippen molar-refractivity contribution in [1.29, 1.82) is 0 Å². The van der Waals surface area contributed by atoms with Gasteiger partial charge in [-0.25, -0.2) is 4.79 Å². The first-order valence-electron chi connectivity index (χ1n) is 5.96. The molecule has 1 aromatic rings. The number of benzene rings is 1. The summed E-state index contributed by atoms with van der Waals surface area (Å²) in [7, 11) is 1.30. The highest BCUT2D eigenvalue weighted by molar-refractivity contribution is 5.87. The first-order valence-corrected chi connectivity index (χ1v) is 5.96. The Kier molecular flexibility index (Phi) is 5.76. The number of nitrogens with one attached hydrogen (secondary N) is 1. The number of methoxy groups -OCH3 is 1. The number of carbonyl (C=O) groups is 1. The van der Waals surface area contributed by atoms with Crippen molar-refractivity contribution in [3.05, 3.63) is 47.0 Å². The maximum absolute atomic E-state index is 12.4. The summed E-state index contributed by atoms with van der Waals surface area (Å²) in [6.07, 6.45) is -2.65. The van der Waals surface area contributed by atoms with Crippen LogP contribution in [0, 0.1) is 0 Å². The van der Waals surface area contributed by atoms with Gasteiger partial charge in [0, 0.05) is 18.7 Å². The van der Waals surface area contributed by atoms with E-state index in [2.05, 4.69) is 10.1 Å². The zero-order valence-corrected chi connectivity index (χ0v) is 11.3. The lowest BCUT2D eigenvalue weighted by molar-refractivity contribution is -0.138. The van der Waals surface area contributed by atoms with Crippen molar-refractivity contribution in [3.8, 4) is 0 Å². The number of halogens is 3. The predicted molar refractivity (Wildman–Crippen MR) is 68.9 cm³/mol. The molecule has 1 N–H and O–H groups in total. The topological polar surface area (TPSA) is 38.3 Å². The van der Waals surface area contributed by atoms with Gasteiger partial charge in [0.1, 0.15) is 0 Å². The molecule has 0 atom stereocenters. The molecule has 1 aromatic carbocycles. The average molecular weight is 287 g/mol. The summed E-state index contributed by atoms with van der Waals surface area (Å²) in [6.45, 7) is 2.48. The Morgan fingerprint density at radius 3 is 2.40 bits per heavy atom. The van der Waals surface area contributed by atoms with Crippen LogP contribution in [0.3, 0.4) is 0 Å². The number of esters is 1. The molecule has 0 bridgehead atoms. The third kappa shape index (κ3) is 5.05. The highest BCUT2D eigenvalue weighted by Crippen LogP contribution is 2.28. The highest BCUT2D eigenvalue weighted by Gasteiger charge is 2.29. The molecule has 0 unspecified atom stereocenters.